The average molecular weight is 426 g/mol. The molecule has 28 heavy (non-hydrogen) atoms. The predicted octanol–water partition coefficient (Wildman–Crippen LogP) is 3.15. The fraction of sp³-hybridized carbons (Fsp3) is 0.889. The van der Waals surface area contributed by atoms with Crippen molar-refractivity contribution in [3.05, 3.63) is 0 Å². The second kappa shape index (κ2) is 15.9. The molecule has 166 valence electrons. The lowest BCUT2D eigenvalue weighted by atomic mass is 10.1. The van der Waals surface area contributed by atoms with Gasteiger partial charge in [-0.25, -0.2) is 14.2 Å². The van der Waals surface area contributed by atoms with Crippen molar-refractivity contribution in [3.8, 4) is 0 Å². The molecular weight excluding hydrogens is 391 g/mol. The van der Waals surface area contributed by atoms with E-state index in [-0.39, 0.29) is 6.61 Å². The number of hydrogen-bond donors (Lipinski definition) is 4. The first-order valence-corrected chi connectivity index (χ1v) is 11.5. The van der Waals surface area contributed by atoms with Gasteiger partial charge in [0.2, 0.25) is 0 Å². The maximum Gasteiger partial charge on any atom is 0.529 e. The summed E-state index contributed by atoms with van der Waals surface area (Å²) >= 11 is 0. The van der Waals surface area contributed by atoms with Gasteiger partial charge in [0.05, 0.1) is 6.61 Å². The molecule has 0 aromatic rings. The van der Waals surface area contributed by atoms with E-state index in [1.165, 1.54) is 44.9 Å². The smallest absolute Gasteiger partial charge is 0.479 e. The van der Waals surface area contributed by atoms with Crippen LogP contribution in [0.2, 0.25) is 0 Å². The molecule has 3 unspecified atom stereocenters. The summed E-state index contributed by atoms with van der Waals surface area (Å²) in [4.78, 5) is 31.2. The molecule has 0 bridgehead atoms. The first kappa shape index (κ1) is 27.0. The number of rotatable bonds is 18. The highest BCUT2D eigenvalue weighted by Crippen LogP contribution is 2.43. The summed E-state index contributed by atoms with van der Waals surface area (Å²) in [6.45, 7) is 2.09. The Bertz CT molecular complexity index is 484. The Hall–Kier alpha value is -0.990. The Labute approximate surface area is 166 Å². The predicted molar refractivity (Wildman–Crippen MR) is 103 cm³/mol. The van der Waals surface area contributed by atoms with Gasteiger partial charge in [-0.2, -0.15) is 0 Å². The minimum absolute atomic E-state index is 0.115. The molecule has 0 spiro atoms. The zero-order chi connectivity index (χ0) is 21.4. The fourth-order valence-electron chi connectivity index (χ4n) is 2.58. The third kappa shape index (κ3) is 14.1. The number of hydrogen-bond acceptors (Lipinski definition) is 7. The third-order valence-electron chi connectivity index (χ3n) is 4.25. The Morgan fingerprint density at radius 3 is 1.68 bits per heavy atom. The van der Waals surface area contributed by atoms with Gasteiger partial charge in [-0.3, -0.25) is 9.42 Å². The monoisotopic (exact) mass is 426 g/mol. The zero-order valence-corrected chi connectivity index (χ0v) is 17.5. The Morgan fingerprint density at radius 2 is 1.25 bits per heavy atom. The minimum Gasteiger partial charge on any atom is -0.479 e. The fourth-order valence-corrected chi connectivity index (χ4v) is 3.33. The molecule has 0 saturated heterocycles. The lowest BCUT2D eigenvalue weighted by Crippen LogP contribution is -2.40. The van der Waals surface area contributed by atoms with E-state index in [4.69, 9.17) is 10.2 Å². The molecular formula is C18H35O9P. The van der Waals surface area contributed by atoms with Crippen LogP contribution in [0, 0.1) is 0 Å². The van der Waals surface area contributed by atoms with Gasteiger partial charge in [-0.05, 0) is 6.42 Å². The average Bonchev–Trinajstić information content (AvgIpc) is 2.63. The molecule has 0 saturated carbocycles. The second-order valence-electron chi connectivity index (χ2n) is 6.83. The molecule has 0 aliphatic carbocycles. The van der Waals surface area contributed by atoms with Crippen LogP contribution in [0.4, 0.5) is 0 Å². The highest BCUT2D eigenvalue weighted by molar-refractivity contribution is 7.48. The topological polar surface area (TPSA) is 151 Å². The molecule has 0 radical (unpaired) electrons. The van der Waals surface area contributed by atoms with E-state index < -0.39 is 32.0 Å². The van der Waals surface area contributed by atoms with Crippen molar-refractivity contribution < 1.29 is 43.4 Å². The molecule has 10 heteroatoms. The van der Waals surface area contributed by atoms with Gasteiger partial charge in [0.15, 0.2) is 12.2 Å². The molecule has 9 nitrogen and oxygen atoms in total. The van der Waals surface area contributed by atoms with Crippen molar-refractivity contribution in [1.29, 1.82) is 0 Å². The lowest BCUT2D eigenvalue weighted by molar-refractivity contribution is -0.165. The Balaban J connectivity index is 3.70. The van der Waals surface area contributed by atoms with Crippen molar-refractivity contribution in [3.63, 3.8) is 0 Å². The number of aliphatic hydroxyl groups is 2. The van der Waals surface area contributed by atoms with Crippen LogP contribution in [0.3, 0.4) is 0 Å². The van der Waals surface area contributed by atoms with Crippen LogP contribution in [0.25, 0.3) is 0 Å². The van der Waals surface area contributed by atoms with Crippen molar-refractivity contribution in [2.45, 2.75) is 96.2 Å². The molecule has 0 fully saturated rings. The Morgan fingerprint density at radius 1 is 0.821 bits per heavy atom. The molecule has 3 atom stereocenters. The highest BCUT2D eigenvalue weighted by Gasteiger charge is 2.36. The minimum atomic E-state index is -4.77. The number of aliphatic carboxylic acids is 1. The van der Waals surface area contributed by atoms with E-state index in [1.807, 2.05) is 0 Å². The first-order chi connectivity index (χ1) is 13.2. The molecule has 0 amide bonds. The third-order valence-corrected chi connectivity index (χ3v) is 5.17. The summed E-state index contributed by atoms with van der Waals surface area (Å²) in [5.74, 6) is -3.61. The van der Waals surface area contributed by atoms with E-state index >= 15 is 0 Å². The molecule has 0 aromatic heterocycles. The van der Waals surface area contributed by atoms with Gasteiger partial charge in [-0.15, -0.1) is 0 Å². The van der Waals surface area contributed by atoms with E-state index in [1.54, 1.807) is 0 Å². The summed E-state index contributed by atoms with van der Waals surface area (Å²) in [5.41, 5.74) is 0. The molecule has 0 aliphatic rings. The molecule has 0 heterocycles. The van der Waals surface area contributed by atoms with Gasteiger partial charge in [0, 0.05) is 0 Å². The van der Waals surface area contributed by atoms with E-state index in [2.05, 4.69) is 16.0 Å². The molecule has 0 aromatic carbocycles. The van der Waals surface area contributed by atoms with Crippen LogP contribution >= 0.6 is 7.82 Å². The lowest BCUT2D eigenvalue weighted by Gasteiger charge is -2.16. The van der Waals surface area contributed by atoms with Gasteiger partial charge >= 0.3 is 19.8 Å². The van der Waals surface area contributed by atoms with Crippen molar-refractivity contribution in [1.82, 2.24) is 0 Å². The van der Waals surface area contributed by atoms with Gasteiger partial charge in [-0.1, -0.05) is 77.6 Å². The molecule has 4 N–H and O–H groups in total. The van der Waals surface area contributed by atoms with Crippen LogP contribution in [0.15, 0.2) is 0 Å². The summed E-state index contributed by atoms with van der Waals surface area (Å²) in [6.07, 6.45) is 8.54. The number of aliphatic hydroxyl groups excluding tert-OH is 2. The largest absolute Gasteiger partial charge is 0.529 e. The maximum absolute atomic E-state index is 11.6. The van der Waals surface area contributed by atoms with Crippen LogP contribution in [-0.4, -0.2) is 51.0 Å². The first-order valence-electron chi connectivity index (χ1n) is 10.0. The van der Waals surface area contributed by atoms with Gasteiger partial charge in [0.25, 0.3) is 0 Å². The Kier molecular flexibility index (Phi) is 15.3. The number of carbonyl (C=O) groups is 2. The number of carbonyl (C=O) groups excluding carboxylic acids is 1. The SMILES string of the molecule is CCCCCCCCCCCCCCOP(=O)(O)OC(=O)C(O)C(O)C(=O)O. The van der Waals surface area contributed by atoms with Gasteiger partial charge < -0.3 is 19.8 Å². The molecule has 0 rings (SSSR count). The summed E-state index contributed by atoms with van der Waals surface area (Å²) < 4.78 is 20.2. The van der Waals surface area contributed by atoms with Crippen molar-refractivity contribution in [2.24, 2.45) is 0 Å². The summed E-state index contributed by atoms with van der Waals surface area (Å²) in [5, 5.41) is 26.7. The van der Waals surface area contributed by atoms with Crippen LogP contribution in [0.1, 0.15) is 84.0 Å². The second-order valence-corrected chi connectivity index (χ2v) is 8.21. The number of carboxylic acids is 1. The standard InChI is InChI=1S/C18H35O9P/c1-2-3-4-5-6-7-8-9-10-11-12-13-14-26-28(24,25)27-18(23)16(20)15(19)17(21)22/h15-16,19-20H,2-14H2,1H3,(H,21,22)(H,24,25). The molecule has 0 aliphatic heterocycles. The summed E-state index contributed by atoms with van der Waals surface area (Å²) in [6, 6.07) is 0. The summed E-state index contributed by atoms with van der Waals surface area (Å²) in [7, 11) is -4.77. The van der Waals surface area contributed by atoms with Crippen molar-refractivity contribution in [2.75, 3.05) is 6.61 Å². The van der Waals surface area contributed by atoms with E-state index in [9.17, 15) is 24.2 Å². The van der Waals surface area contributed by atoms with Crippen LogP contribution in [0.5, 0.6) is 0 Å². The number of unbranched alkanes of at least 4 members (excludes halogenated alkanes) is 11. The van der Waals surface area contributed by atoms with Crippen LogP contribution in [-0.2, 0) is 23.2 Å². The zero-order valence-electron chi connectivity index (χ0n) is 16.6. The quantitative estimate of drug-likeness (QED) is 0.191. The van der Waals surface area contributed by atoms with Crippen molar-refractivity contribution >= 4 is 19.8 Å². The normalized spacial score (nSPS) is 15.6. The highest BCUT2D eigenvalue weighted by atomic mass is 31.2. The van der Waals surface area contributed by atoms with Crippen LogP contribution < -0.4 is 0 Å². The van der Waals surface area contributed by atoms with Gasteiger partial charge in [0.1, 0.15) is 0 Å². The van der Waals surface area contributed by atoms with E-state index in [0.717, 1.165) is 25.7 Å². The maximum atomic E-state index is 11.6. The van der Waals surface area contributed by atoms with E-state index in [0.29, 0.717) is 6.42 Å². The number of phosphoric acid groups is 1. The number of carboxylic acid groups (broad SMARTS) is 1. The number of phosphoric ester groups is 1.